The lowest BCUT2D eigenvalue weighted by molar-refractivity contribution is 0.122. The number of anilines is 1. The van der Waals surface area contributed by atoms with Crippen LogP contribution in [0.1, 0.15) is 18.9 Å². The molecule has 0 radical (unpaired) electrons. The van der Waals surface area contributed by atoms with Gasteiger partial charge in [-0.15, -0.1) is 0 Å². The van der Waals surface area contributed by atoms with Crippen molar-refractivity contribution in [1.82, 2.24) is 5.32 Å². The molecule has 1 saturated heterocycles. The SMILES string of the molecule is C/C=C/CCNCc1ccc(N2CCOCC2)cc1. The summed E-state index contributed by atoms with van der Waals surface area (Å²) in [6.07, 6.45) is 5.38. The van der Waals surface area contributed by atoms with Crippen molar-refractivity contribution in [2.24, 2.45) is 0 Å². The number of nitrogens with one attached hydrogen (secondary N) is 1. The predicted octanol–water partition coefficient (Wildman–Crippen LogP) is 2.58. The van der Waals surface area contributed by atoms with Gasteiger partial charge in [-0.1, -0.05) is 24.3 Å². The maximum atomic E-state index is 5.37. The summed E-state index contributed by atoms with van der Waals surface area (Å²) in [4.78, 5) is 2.38. The quantitative estimate of drug-likeness (QED) is 0.628. The maximum Gasteiger partial charge on any atom is 0.0642 e. The van der Waals surface area contributed by atoms with Crippen LogP contribution in [0.4, 0.5) is 5.69 Å². The van der Waals surface area contributed by atoms with E-state index in [1.807, 2.05) is 0 Å². The highest BCUT2D eigenvalue weighted by molar-refractivity contribution is 5.47. The number of ether oxygens (including phenoxy) is 1. The van der Waals surface area contributed by atoms with Gasteiger partial charge in [-0.05, 0) is 37.6 Å². The van der Waals surface area contributed by atoms with Gasteiger partial charge in [0.1, 0.15) is 0 Å². The summed E-state index contributed by atoms with van der Waals surface area (Å²) < 4.78 is 5.37. The molecule has 0 spiro atoms. The van der Waals surface area contributed by atoms with Gasteiger partial charge in [-0.25, -0.2) is 0 Å². The third-order valence-electron chi connectivity index (χ3n) is 3.37. The Bertz CT molecular complexity index is 380. The minimum absolute atomic E-state index is 0.842. The van der Waals surface area contributed by atoms with Gasteiger partial charge in [0, 0.05) is 25.3 Å². The summed E-state index contributed by atoms with van der Waals surface area (Å²) in [7, 11) is 0. The molecule has 0 aromatic heterocycles. The minimum Gasteiger partial charge on any atom is -0.378 e. The fraction of sp³-hybridized carbons (Fsp3) is 0.500. The van der Waals surface area contributed by atoms with Crippen molar-refractivity contribution in [3.63, 3.8) is 0 Å². The average Bonchev–Trinajstić information content (AvgIpc) is 2.49. The van der Waals surface area contributed by atoms with Gasteiger partial charge in [0.05, 0.1) is 13.2 Å². The van der Waals surface area contributed by atoms with E-state index in [9.17, 15) is 0 Å². The molecule has 2 rings (SSSR count). The first kappa shape index (κ1) is 14.1. The molecule has 1 heterocycles. The zero-order chi connectivity index (χ0) is 13.3. The van der Waals surface area contributed by atoms with Crippen LogP contribution in [0.3, 0.4) is 0 Å². The molecule has 0 saturated carbocycles. The first-order valence-electron chi connectivity index (χ1n) is 7.13. The molecule has 0 aliphatic carbocycles. The van der Waals surface area contributed by atoms with E-state index in [0.29, 0.717) is 0 Å². The topological polar surface area (TPSA) is 24.5 Å². The zero-order valence-electron chi connectivity index (χ0n) is 11.8. The molecular weight excluding hydrogens is 236 g/mol. The molecule has 3 heteroatoms. The van der Waals surface area contributed by atoms with Crippen molar-refractivity contribution in [2.45, 2.75) is 19.9 Å². The number of morpholine rings is 1. The van der Waals surface area contributed by atoms with Crippen LogP contribution in [0.15, 0.2) is 36.4 Å². The first-order chi connectivity index (χ1) is 9.40. The maximum absolute atomic E-state index is 5.37. The Morgan fingerprint density at radius 2 is 1.95 bits per heavy atom. The smallest absolute Gasteiger partial charge is 0.0642 e. The van der Waals surface area contributed by atoms with Crippen LogP contribution in [0.5, 0.6) is 0 Å². The van der Waals surface area contributed by atoms with Crippen LogP contribution >= 0.6 is 0 Å². The molecule has 104 valence electrons. The lowest BCUT2D eigenvalue weighted by Crippen LogP contribution is -2.36. The van der Waals surface area contributed by atoms with E-state index < -0.39 is 0 Å². The van der Waals surface area contributed by atoms with Gasteiger partial charge >= 0.3 is 0 Å². The van der Waals surface area contributed by atoms with Crippen molar-refractivity contribution in [3.05, 3.63) is 42.0 Å². The Kier molecular flexibility index (Phi) is 5.92. The van der Waals surface area contributed by atoms with Crippen LogP contribution in [0.25, 0.3) is 0 Å². The second kappa shape index (κ2) is 7.97. The lowest BCUT2D eigenvalue weighted by Gasteiger charge is -2.28. The molecule has 1 N–H and O–H groups in total. The van der Waals surface area contributed by atoms with Crippen molar-refractivity contribution >= 4 is 5.69 Å². The van der Waals surface area contributed by atoms with Crippen LogP contribution in [-0.4, -0.2) is 32.8 Å². The van der Waals surface area contributed by atoms with E-state index in [1.165, 1.54) is 11.3 Å². The van der Waals surface area contributed by atoms with Crippen LogP contribution in [0.2, 0.25) is 0 Å². The normalized spacial score (nSPS) is 16.2. The summed E-state index contributed by atoms with van der Waals surface area (Å²) in [6.45, 7) is 7.73. The summed E-state index contributed by atoms with van der Waals surface area (Å²) in [5.74, 6) is 0. The predicted molar refractivity (Wildman–Crippen MR) is 80.6 cm³/mol. The second-order valence-electron chi connectivity index (χ2n) is 4.80. The van der Waals surface area contributed by atoms with Crippen LogP contribution < -0.4 is 10.2 Å². The Morgan fingerprint density at radius 3 is 2.63 bits per heavy atom. The third kappa shape index (κ3) is 4.69. The standard InChI is InChI=1S/C16H24N2O/c1-2-3-4-9-17-14-15-5-7-16(8-6-15)18-10-12-19-13-11-18/h2-3,5-8,17H,4,9-14H2,1H3/b3-2+. The van der Waals surface area contributed by atoms with Gasteiger partial charge in [-0.2, -0.15) is 0 Å². The van der Waals surface area contributed by atoms with Gasteiger partial charge in [-0.3, -0.25) is 0 Å². The number of rotatable bonds is 6. The zero-order valence-corrected chi connectivity index (χ0v) is 11.8. The largest absolute Gasteiger partial charge is 0.378 e. The fourth-order valence-corrected chi connectivity index (χ4v) is 2.23. The Hall–Kier alpha value is -1.32. The van der Waals surface area contributed by atoms with E-state index in [4.69, 9.17) is 4.74 Å². The Labute approximate surface area is 116 Å². The second-order valence-corrected chi connectivity index (χ2v) is 4.80. The van der Waals surface area contributed by atoms with E-state index in [1.54, 1.807) is 0 Å². The van der Waals surface area contributed by atoms with E-state index in [-0.39, 0.29) is 0 Å². The molecule has 1 aliphatic rings. The molecule has 1 fully saturated rings. The molecule has 1 aromatic carbocycles. The van der Waals surface area contributed by atoms with Crippen LogP contribution in [-0.2, 0) is 11.3 Å². The molecule has 0 unspecified atom stereocenters. The highest BCUT2D eigenvalue weighted by Gasteiger charge is 2.10. The van der Waals surface area contributed by atoms with Crippen molar-refractivity contribution in [1.29, 1.82) is 0 Å². The summed E-state index contributed by atoms with van der Waals surface area (Å²) in [6, 6.07) is 8.86. The molecule has 1 aliphatic heterocycles. The number of hydrogen-bond acceptors (Lipinski definition) is 3. The van der Waals surface area contributed by atoms with Crippen molar-refractivity contribution in [3.8, 4) is 0 Å². The number of allylic oxidation sites excluding steroid dienone is 1. The molecule has 0 bridgehead atoms. The van der Waals surface area contributed by atoms with Crippen LogP contribution in [0, 0.1) is 0 Å². The Balaban J connectivity index is 1.77. The lowest BCUT2D eigenvalue weighted by atomic mass is 10.2. The molecule has 0 amide bonds. The van der Waals surface area contributed by atoms with Crippen molar-refractivity contribution < 1.29 is 4.74 Å². The van der Waals surface area contributed by atoms with Gasteiger partial charge in [0.15, 0.2) is 0 Å². The number of benzene rings is 1. The van der Waals surface area contributed by atoms with Crippen molar-refractivity contribution in [2.75, 3.05) is 37.7 Å². The summed E-state index contributed by atoms with van der Waals surface area (Å²) >= 11 is 0. The van der Waals surface area contributed by atoms with Gasteiger partial charge in [0.2, 0.25) is 0 Å². The highest BCUT2D eigenvalue weighted by Crippen LogP contribution is 2.16. The fourth-order valence-electron chi connectivity index (χ4n) is 2.23. The number of hydrogen-bond donors (Lipinski definition) is 1. The van der Waals surface area contributed by atoms with Gasteiger partial charge in [0.25, 0.3) is 0 Å². The minimum atomic E-state index is 0.842. The average molecular weight is 260 g/mol. The van der Waals surface area contributed by atoms with E-state index in [2.05, 4.69) is 53.6 Å². The summed E-state index contributed by atoms with van der Waals surface area (Å²) in [5.41, 5.74) is 2.65. The molecule has 3 nitrogen and oxygen atoms in total. The highest BCUT2D eigenvalue weighted by atomic mass is 16.5. The van der Waals surface area contributed by atoms with E-state index in [0.717, 1.165) is 45.8 Å². The third-order valence-corrected chi connectivity index (χ3v) is 3.37. The molecule has 19 heavy (non-hydrogen) atoms. The molecule has 0 atom stereocenters. The van der Waals surface area contributed by atoms with E-state index >= 15 is 0 Å². The molecular formula is C16H24N2O. The summed E-state index contributed by atoms with van der Waals surface area (Å²) in [5, 5.41) is 3.45. The van der Waals surface area contributed by atoms with Gasteiger partial charge < -0.3 is 15.0 Å². The molecule has 1 aromatic rings. The number of nitrogens with zero attached hydrogens (tertiary/aromatic N) is 1. The Morgan fingerprint density at radius 1 is 1.21 bits per heavy atom. The monoisotopic (exact) mass is 260 g/mol. The first-order valence-corrected chi connectivity index (χ1v) is 7.13.